The molecular weight excluding hydrogens is 414 g/mol. The Balaban J connectivity index is 1.61. The molecule has 0 aliphatic rings. The molecule has 2 aromatic carbocycles. The molecule has 0 atom stereocenters. The van der Waals surface area contributed by atoms with Crippen LogP contribution >= 0.6 is 27.7 Å². The van der Waals surface area contributed by atoms with Crippen molar-refractivity contribution in [3.8, 4) is 5.75 Å². The quantitative estimate of drug-likeness (QED) is 0.478. The monoisotopic (exact) mass is 426 g/mol. The molecule has 0 aliphatic carbocycles. The Morgan fingerprint density at radius 3 is 2.60 bits per heavy atom. The van der Waals surface area contributed by atoms with Crippen LogP contribution < -0.4 is 10.6 Å². The molecule has 5 nitrogen and oxygen atoms in total. The van der Waals surface area contributed by atoms with Gasteiger partial charge in [0.15, 0.2) is 5.82 Å². The Hall–Kier alpha value is -2.13. The van der Waals surface area contributed by atoms with Crippen molar-refractivity contribution in [2.45, 2.75) is 17.5 Å². The fourth-order valence-electron chi connectivity index (χ4n) is 1.96. The van der Waals surface area contributed by atoms with Gasteiger partial charge in [-0.2, -0.15) is 0 Å². The lowest BCUT2D eigenvalue weighted by Gasteiger charge is -2.07. The summed E-state index contributed by atoms with van der Waals surface area (Å²) in [6.07, 6.45) is 0. The first-order chi connectivity index (χ1) is 12.0. The van der Waals surface area contributed by atoms with E-state index in [1.54, 1.807) is 12.1 Å². The molecule has 0 amide bonds. The summed E-state index contributed by atoms with van der Waals surface area (Å²) >= 11 is 4.49. The normalized spacial score (nSPS) is 10.8. The molecule has 0 saturated carbocycles. The van der Waals surface area contributed by atoms with Crippen molar-refractivity contribution in [2.24, 2.45) is 0 Å². The van der Waals surface area contributed by atoms with Crippen molar-refractivity contribution in [1.82, 2.24) is 14.9 Å². The van der Waals surface area contributed by atoms with Crippen LogP contribution in [0.4, 0.5) is 8.78 Å². The van der Waals surface area contributed by atoms with Crippen LogP contribution in [0.2, 0.25) is 0 Å². The molecule has 3 rings (SSSR count). The van der Waals surface area contributed by atoms with Gasteiger partial charge in [0.05, 0.1) is 0 Å². The minimum Gasteiger partial charge on any atom is -0.486 e. The van der Waals surface area contributed by atoms with E-state index in [1.165, 1.54) is 46.8 Å². The van der Waals surface area contributed by atoms with Gasteiger partial charge in [-0.1, -0.05) is 33.8 Å². The van der Waals surface area contributed by atoms with Crippen LogP contribution in [0.15, 0.2) is 52.1 Å². The van der Waals surface area contributed by atoms with Crippen LogP contribution in [0.1, 0.15) is 11.4 Å². The number of aromatic nitrogens is 3. The average Bonchev–Trinajstić information content (AvgIpc) is 2.94. The molecule has 130 valence electrons. The van der Waals surface area contributed by atoms with Gasteiger partial charge in [0.25, 0.3) is 0 Å². The lowest BCUT2D eigenvalue weighted by Crippen LogP contribution is -2.15. The van der Waals surface area contributed by atoms with E-state index in [9.17, 15) is 8.78 Å². The van der Waals surface area contributed by atoms with Gasteiger partial charge in [0.1, 0.15) is 24.0 Å². The minimum atomic E-state index is -0.340. The number of hydrogen-bond donors (Lipinski definition) is 1. The van der Waals surface area contributed by atoms with Crippen LogP contribution in [-0.4, -0.2) is 14.9 Å². The van der Waals surface area contributed by atoms with Gasteiger partial charge in [-0.25, -0.2) is 13.5 Å². The summed E-state index contributed by atoms with van der Waals surface area (Å²) < 4.78 is 34.2. The maximum Gasteiger partial charge on any atom is 0.210 e. The van der Waals surface area contributed by atoms with Gasteiger partial charge in [0, 0.05) is 10.2 Å². The average molecular weight is 427 g/mol. The van der Waals surface area contributed by atoms with E-state index in [0.29, 0.717) is 32.5 Å². The largest absolute Gasteiger partial charge is 0.486 e. The van der Waals surface area contributed by atoms with E-state index in [0.717, 1.165) is 0 Å². The van der Waals surface area contributed by atoms with E-state index in [2.05, 4.69) is 26.1 Å². The molecule has 0 fully saturated rings. The van der Waals surface area contributed by atoms with Crippen LogP contribution in [-0.2, 0) is 12.4 Å². The summed E-state index contributed by atoms with van der Waals surface area (Å²) in [5, 5.41) is 8.39. The fraction of sp³-hybridized carbons (Fsp3) is 0.125. The maximum atomic E-state index is 13.8. The predicted octanol–water partition coefficient (Wildman–Crippen LogP) is 3.90. The Morgan fingerprint density at radius 2 is 1.88 bits per heavy atom. The topological polar surface area (TPSA) is 66.0 Å². The first kappa shape index (κ1) is 17.7. The molecule has 3 aromatic rings. The summed E-state index contributed by atoms with van der Waals surface area (Å²) in [6.45, 7) is 0.0857. The van der Waals surface area contributed by atoms with E-state index in [-0.39, 0.29) is 18.2 Å². The standard InChI is InChI=1S/C16H13BrF2N4OS/c17-11-2-1-10(14(19)7-11)9-25-16-22-21-15(23(16)20)8-24-13-5-3-12(18)4-6-13/h1-7H,8-9,20H2. The predicted molar refractivity (Wildman–Crippen MR) is 94.6 cm³/mol. The van der Waals surface area contributed by atoms with Gasteiger partial charge in [-0.05, 0) is 42.0 Å². The van der Waals surface area contributed by atoms with Gasteiger partial charge >= 0.3 is 0 Å². The fourth-order valence-corrected chi connectivity index (χ4v) is 3.16. The number of nitrogens with two attached hydrogens (primary N) is 1. The molecule has 1 aromatic heterocycles. The third-order valence-electron chi connectivity index (χ3n) is 3.29. The van der Waals surface area contributed by atoms with Gasteiger partial charge in [0.2, 0.25) is 5.16 Å². The zero-order chi connectivity index (χ0) is 17.8. The Bertz CT molecular complexity index is 873. The molecule has 0 unspecified atom stereocenters. The van der Waals surface area contributed by atoms with Crippen molar-refractivity contribution in [1.29, 1.82) is 0 Å². The molecular formula is C16H13BrF2N4OS. The lowest BCUT2D eigenvalue weighted by molar-refractivity contribution is 0.291. The van der Waals surface area contributed by atoms with Crippen LogP contribution in [0, 0.1) is 11.6 Å². The third kappa shape index (κ3) is 4.49. The Morgan fingerprint density at radius 1 is 1.12 bits per heavy atom. The second-order valence-corrected chi connectivity index (χ2v) is 6.89. The molecule has 1 heterocycles. The van der Waals surface area contributed by atoms with E-state index in [4.69, 9.17) is 10.6 Å². The van der Waals surface area contributed by atoms with Crippen molar-refractivity contribution >= 4 is 27.7 Å². The van der Waals surface area contributed by atoms with Crippen LogP contribution in [0.25, 0.3) is 0 Å². The second kappa shape index (κ2) is 7.83. The Kier molecular flexibility index (Phi) is 5.54. The summed E-state index contributed by atoms with van der Waals surface area (Å²) in [6, 6.07) is 10.5. The molecule has 0 spiro atoms. The van der Waals surface area contributed by atoms with Crippen molar-refractivity contribution in [3.05, 3.63) is 70.0 Å². The summed E-state index contributed by atoms with van der Waals surface area (Å²) in [5.41, 5.74) is 0.542. The number of halogens is 3. The number of thioether (sulfide) groups is 1. The molecule has 0 aliphatic heterocycles. The third-order valence-corrected chi connectivity index (χ3v) is 4.77. The molecule has 0 bridgehead atoms. The number of hydrogen-bond acceptors (Lipinski definition) is 5. The van der Waals surface area contributed by atoms with Crippen molar-refractivity contribution < 1.29 is 13.5 Å². The summed E-state index contributed by atoms with van der Waals surface area (Å²) in [5.74, 6) is 6.58. The summed E-state index contributed by atoms with van der Waals surface area (Å²) in [7, 11) is 0. The summed E-state index contributed by atoms with van der Waals surface area (Å²) in [4.78, 5) is 0. The molecule has 25 heavy (non-hydrogen) atoms. The van der Waals surface area contributed by atoms with Crippen molar-refractivity contribution in [3.63, 3.8) is 0 Å². The van der Waals surface area contributed by atoms with Gasteiger partial charge < -0.3 is 10.6 Å². The van der Waals surface area contributed by atoms with E-state index >= 15 is 0 Å². The number of benzene rings is 2. The molecule has 9 heteroatoms. The highest BCUT2D eigenvalue weighted by molar-refractivity contribution is 9.10. The maximum absolute atomic E-state index is 13.8. The second-order valence-electron chi connectivity index (χ2n) is 5.04. The first-order valence-electron chi connectivity index (χ1n) is 7.17. The van der Waals surface area contributed by atoms with E-state index in [1.807, 2.05) is 0 Å². The zero-order valence-electron chi connectivity index (χ0n) is 12.8. The van der Waals surface area contributed by atoms with Gasteiger partial charge in [-0.3, -0.25) is 0 Å². The molecule has 0 saturated heterocycles. The molecule has 2 N–H and O–H groups in total. The van der Waals surface area contributed by atoms with Crippen LogP contribution in [0.3, 0.4) is 0 Å². The highest BCUT2D eigenvalue weighted by Gasteiger charge is 2.12. The SMILES string of the molecule is Nn1c(COc2ccc(F)cc2)nnc1SCc1ccc(Br)cc1F. The number of ether oxygens (including phenoxy) is 1. The molecule has 0 radical (unpaired) electrons. The zero-order valence-corrected chi connectivity index (χ0v) is 15.2. The van der Waals surface area contributed by atoms with Crippen molar-refractivity contribution in [2.75, 3.05) is 5.84 Å². The van der Waals surface area contributed by atoms with Gasteiger partial charge in [-0.15, -0.1) is 10.2 Å². The van der Waals surface area contributed by atoms with E-state index < -0.39 is 0 Å². The lowest BCUT2D eigenvalue weighted by atomic mass is 10.2. The Labute approximate surface area is 155 Å². The number of nitrogen functional groups attached to an aromatic ring is 1. The number of nitrogens with zero attached hydrogens (tertiary/aromatic N) is 3. The number of rotatable bonds is 6. The highest BCUT2D eigenvalue weighted by atomic mass is 79.9. The minimum absolute atomic E-state index is 0.0857. The highest BCUT2D eigenvalue weighted by Crippen LogP contribution is 2.24. The smallest absolute Gasteiger partial charge is 0.210 e. The first-order valence-corrected chi connectivity index (χ1v) is 8.95. The van der Waals surface area contributed by atoms with Crippen LogP contribution in [0.5, 0.6) is 5.75 Å².